The second-order valence-electron chi connectivity index (χ2n) is 6.72. The maximum absolute atomic E-state index is 13.5. The van der Waals surface area contributed by atoms with Gasteiger partial charge in [-0.3, -0.25) is 4.79 Å². The zero-order valence-electron chi connectivity index (χ0n) is 16.8. The zero-order chi connectivity index (χ0) is 22.0. The fourth-order valence-corrected chi connectivity index (χ4v) is 3.46. The smallest absolute Gasteiger partial charge is 0.256 e. The number of nitrogens with zero attached hydrogens (tertiary/aromatic N) is 1. The van der Waals surface area contributed by atoms with Crippen LogP contribution in [0.5, 0.6) is 11.5 Å². The van der Waals surface area contributed by atoms with Crippen molar-refractivity contribution in [2.45, 2.75) is 0 Å². The third kappa shape index (κ3) is 4.15. The number of hydrogen-bond acceptors (Lipinski definition) is 4. The van der Waals surface area contributed by atoms with Gasteiger partial charge in [0.15, 0.2) is 0 Å². The number of nitrogens with one attached hydrogen (secondary N) is 1. The number of carbonyl (C=O) groups is 1. The average molecular weight is 437 g/mol. The molecule has 5 nitrogen and oxygen atoms in total. The van der Waals surface area contributed by atoms with E-state index in [1.807, 2.05) is 30.3 Å². The highest BCUT2D eigenvalue weighted by Gasteiger charge is 2.17. The summed E-state index contributed by atoms with van der Waals surface area (Å²) in [5.74, 6) is 0.296. The van der Waals surface area contributed by atoms with Gasteiger partial charge >= 0.3 is 0 Å². The summed E-state index contributed by atoms with van der Waals surface area (Å²) in [4.78, 5) is 17.8. The van der Waals surface area contributed by atoms with Crippen LogP contribution in [0, 0.1) is 5.82 Å². The van der Waals surface area contributed by atoms with E-state index in [2.05, 4.69) is 5.32 Å². The summed E-state index contributed by atoms with van der Waals surface area (Å²) in [5.41, 5.74) is 2.74. The van der Waals surface area contributed by atoms with Crippen molar-refractivity contribution in [3.8, 4) is 22.8 Å². The highest BCUT2D eigenvalue weighted by atomic mass is 35.5. The van der Waals surface area contributed by atoms with Gasteiger partial charge in [-0.1, -0.05) is 29.8 Å². The number of benzene rings is 3. The Morgan fingerprint density at radius 3 is 2.55 bits per heavy atom. The number of halogens is 2. The standard InChI is InChI=1S/C24H18ClFN2O3/c1-30-15-8-9-17(23(12-15)31-2)22-13-18(16-5-3-4-6-21(16)28-22)24(29)27-14-7-10-20(26)19(25)11-14/h3-13H,1-2H3,(H,27,29). The van der Waals surface area contributed by atoms with Crippen LogP contribution in [0.25, 0.3) is 22.2 Å². The van der Waals surface area contributed by atoms with Crippen LogP contribution in [-0.4, -0.2) is 25.1 Å². The van der Waals surface area contributed by atoms with Gasteiger partial charge in [0.2, 0.25) is 0 Å². The van der Waals surface area contributed by atoms with E-state index in [9.17, 15) is 9.18 Å². The number of fused-ring (bicyclic) bond motifs is 1. The van der Waals surface area contributed by atoms with E-state index in [4.69, 9.17) is 26.1 Å². The SMILES string of the molecule is COc1ccc(-c2cc(C(=O)Nc3ccc(F)c(Cl)c3)c3ccccc3n2)c(OC)c1. The van der Waals surface area contributed by atoms with Gasteiger partial charge in [-0.15, -0.1) is 0 Å². The van der Waals surface area contributed by atoms with Gasteiger partial charge < -0.3 is 14.8 Å². The Morgan fingerprint density at radius 1 is 1.00 bits per heavy atom. The lowest BCUT2D eigenvalue weighted by atomic mass is 10.0. The number of amides is 1. The molecule has 0 saturated heterocycles. The lowest BCUT2D eigenvalue weighted by Gasteiger charge is -2.13. The number of anilines is 1. The van der Waals surface area contributed by atoms with Gasteiger partial charge in [0.05, 0.1) is 36.0 Å². The molecule has 0 radical (unpaired) electrons. The number of para-hydroxylation sites is 1. The molecular formula is C24H18ClFN2O3. The summed E-state index contributed by atoms with van der Waals surface area (Å²) in [6.07, 6.45) is 0. The fourth-order valence-electron chi connectivity index (χ4n) is 3.28. The molecule has 0 unspecified atom stereocenters. The van der Waals surface area contributed by atoms with Crippen LogP contribution < -0.4 is 14.8 Å². The molecule has 31 heavy (non-hydrogen) atoms. The van der Waals surface area contributed by atoms with Gasteiger partial charge in [0.25, 0.3) is 5.91 Å². The van der Waals surface area contributed by atoms with Gasteiger partial charge in [0, 0.05) is 22.7 Å². The van der Waals surface area contributed by atoms with E-state index in [1.165, 1.54) is 18.2 Å². The highest BCUT2D eigenvalue weighted by molar-refractivity contribution is 6.31. The molecule has 0 atom stereocenters. The molecule has 156 valence electrons. The molecule has 3 aromatic carbocycles. The van der Waals surface area contributed by atoms with Crippen molar-refractivity contribution < 1.29 is 18.7 Å². The molecule has 0 saturated carbocycles. The first kappa shape index (κ1) is 20.6. The Morgan fingerprint density at radius 2 is 1.81 bits per heavy atom. The Bertz CT molecular complexity index is 1290. The molecule has 1 N–H and O–H groups in total. The normalized spacial score (nSPS) is 10.7. The topological polar surface area (TPSA) is 60.5 Å². The van der Waals surface area contributed by atoms with E-state index in [0.29, 0.717) is 44.9 Å². The van der Waals surface area contributed by atoms with Crippen molar-refractivity contribution >= 4 is 34.1 Å². The van der Waals surface area contributed by atoms with E-state index < -0.39 is 5.82 Å². The molecule has 0 aliphatic heterocycles. The number of ether oxygens (including phenoxy) is 2. The largest absolute Gasteiger partial charge is 0.497 e. The molecule has 1 aromatic heterocycles. The Labute approximate surface area is 183 Å². The summed E-state index contributed by atoms with van der Waals surface area (Å²) in [7, 11) is 3.14. The molecule has 1 amide bonds. The summed E-state index contributed by atoms with van der Waals surface area (Å²) >= 11 is 5.84. The lowest BCUT2D eigenvalue weighted by Crippen LogP contribution is -2.13. The van der Waals surface area contributed by atoms with Crippen LogP contribution in [0.15, 0.2) is 66.7 Å². The molecule has 1 heterocycles. The summed E-state index contributed by atoms with van der Waals surface area (Å²) in [6.45, 7) is 0. The van der Waals surface area contributed by atoms with Crippen LogP contribution >= 0.6 is 11.6 Å². The minimum Gasteiger partial charge on any atom is -0.497 e. The van der Waals surface area contributed by atoms with Gasteiger partial charge in [-0.05, 0) is 42.5 Å². The van der Waals surface area contributed by atoms with Crippen molar-refractivity contribution in [1.82, 2.24) is 4.98 Å². The lowest BCUT2D eigenvalue weighted by molar-refractivity contribution is 0.102. The van der Waals surface area contributed by atoms with Crippen molar-refractivity contribution in [2.24, 2.45) is 0 Å². The summed E-state index contributed by atoms with van der Waals surface area (Å²) in [6, 6.07) is 18.5. The number of pyridine rings is 1. The quantitative estimate of drug-likeness (QED) is 0.419. The van der Waals surface area contributed by atoms with Gasteiger partial charge in [0.1, 0.15) is 17.3 Å². The number of rotatable bonds is 5. The third-order valence-electron chi connectivity index (χ3n) is 4.82. The Kier molecular flexibility index (Phi) is 5.73. The highest BCUT2D eigenvalue weighted by Crippen LogP contribution is 2.34. The van der Waals surface area contributed by atoms with Crippen LogP contribution in [0.2, 0.25) is 5.02 Å². The fraction of sp³-hybridized carbons (Fsp3) is 0.0833. The van der Waals surface area contributed by atoms with Crippen molar-refractivity contribution in [2.75, 3.05) is 19.5 Å². The first-order valence-corrected chi connectivity index (χ1v) is 9.76. The monoisotopic (exact) mass is 436 g/mol. The number of hydrogen-bond donors (Lipinski definition) is 1. The summed E-state index contributed by atoms with van der Waals surface area (Å²) < 4.78 is 24.2. The second kappa shape index (κ2) is 8.62. The summed E-state index contributed by atoms with van der Waals surface area (Å²) in [5, 5.41) is 3.39. The molecule has 0 fully saturated rings. The second-order valence-corrected chi connectivity index (χ2v) is 7.13. The van der Waals surface area contributed by atoms with Crippen molar-refractivity contribution in [1.29, 1.82) is 0 Å². The first-order chi connectivity index (χ1) is 15.0. The zero-order valence-corrected chi connectivity index (χ0v) is 17.5. The average Bonchev–Trinajstić information content (AvgIpc) is 2.80. The molecule has 0 aliphatic carbocycles. The molecule has 4 aromatic rings. The minimum atomic E-state index is -0.553. The van der Waals surface area contributed by atoms with Crippen LogP contribution in [0.3, 0.4) is 0 Å². The third-order valence-corrected chi connectivity index (χ3v) is 5.11. The molecule has 0 bridgehead atoms. The van der Waals surface area contributed by atoms with Crippen molar-refractivity contribution in [3.05, 3.63) is 83.1 Å². The molecule has 0 spiro atoms. The predicted molar refractivity (Wildman–Crippen MR) is 120 cm³/mol. The van der Waals surface area contributed by atoms with Crippen molar-refractivity contribution in [3.63, 3.8) is 0 Å². The van der Waals surface area contributed by atoms with Crippen LogP contribution in [0.1, 0.15) is 10.4 Å². The van der Waals surface area contributed by atoms with E-state index in [-0.39, 0.29) is 10.9 Å². The molecule has 7 heteroatoms. The Balaban J connectivity index is 1.82. The number of methoxy groups -OCH3 is 2. The molecule has 0 aliphatic rings. The predicted octanol–water partition coefficient (Wildman–Crippen LogP) is 5.96. The van der Waals surface area contributed by atoms with Crippen LogP contribution in [-0.2, 0) is 0 Å². The van der Waals surface area contributed by atoms with E-state index in [0.717, 1.165) is 0 Å². The first-order valence-electron chi connectivity index (χ1n) is 9.38. The maximum atomic E-state index is 13.5. The van der Waals surface area contributed by atoms with Gasteiger partial charge in [-0.25, -0.2) is 9.37 Å². The van der Waals surface area contributed by atoms with E-state index in [1.54, 1.807) is 32.4 Å². The van der Waals surface area contributed by atoms with Crippen LogP contribution in [0.4, 0.5) is 10.1 Å². The van der Waals surface area contributed by atoms with Gasteiger partial charge in [-0.2, -0.15) is 0 Å². The maximum Gasteiger partial charge on any atom is 0.256 e. The molecular weight excluding hydrogens is 419 g/mol. The number of aromatic nitrogens is 1. The number of carbonyl (C=O) groups excluding carboxylic acids is 1. The minimum absolute atomic E-state index is 0.0685. The Hall–Kier alpha value is -3.64. The van der Waals surface area contributed by atoms with E-state index >= 15 is 0 Å². The molecule has 4 rings (SSSR count).